The van der Waals surface area contributed by atoms with Crippen molar-refractivity contribution in [2.24, 2.45) is 5.92 Å². The predicted molar refractivity (Wildman–Crippen MR) is 107 cm³/mol. The predicted octanol–water partition coefficient (Wildman–Crippen LogP) is 1.10. The Morgan fingerprint density at radius 1 is 1.27 bits per heavy atom. The Morgan fingerprint density at radius 2 is 2.03 bits per heavy atom. The summed E-state index contributed by atoms with van der Waals surface area (Å²) in [6.45, 7) is 4.07. The molecule has 0 bridgehead atoms. The number of hydrogen-bond acceptors (Lipinski definition) is 5. The number of hydrogen-bond donors (Lipinski definition) is 3. The average Bonchev–Trinajstić information content (AvgIpc) is 3.38. The van der Waals surface area contributed by atoms with Gasteiger partial charge in [-0.05, 0) is 24.6 Å². The quantitative estimate of drug-likeness (QED) is 0.635. The second-order valence-corrected chi connectivity index (χ2v) is 7.62. The van der Waals surface area contributed by atoms with Gasteiger partial charge in [0.2, 0.25) is 5.91 Å². The number of halogens is 1. The van der Waals surface area contributed by atoms with Crippen molar-refractivity contribution in [3.8, 4) is 11.1 Å². The number of nitrogens with zero attached hydrogens (tertiary/aromatic N) is 3. The van der Waals surface area contributed by atoms with E-state index in [2.05, 4.69) is 25.7 Å². The van der Waals surface area contributed by atoms with Gasteiger partial charge in [0.15, 0.2) is 0 Å². The number of piperazine rings is 1. The van der Waals surface area contributed by atoms with E-state index in [0.29, 0.717) is 37.3 Å². The minimum absolute atomic E-state index is 0.0400. The summed E-state index contributed by atoms with van der Waals surface area (Å²) in [4.78, 5) is 39.6. The fourth-order valence-corrected chi connectivity index (χ4v) is 3.91. The molecule has 0 radical (unpaired) electrons. The highest BCUT2D eigenvalue weighted by Crippen LogP contribution is 2.28. The Kier molecular flexibility index (Phi) is 5.39. The zero-order chi connectivity index (χ0) is 21.3. The van der Waals surface area contributed by atoms with Crippen molar-refractivity contribution in [1.29, 1.82) is 0 Å². The SMILES string of the molecule is C[C@@H](C[C@H]1NC(=O)NC1=O)C(=O)N1CCN(c2ccc(F)c(-c3cn[nH]c3)c2)CC1. The molecule has 0 unspecified atom stereocenters. The maximum absolute atomic E-state index is 14.2. The number of rotatable bonds is 5. The second kappa shape index (κ2) is 8.13. The zero-order valence-corrected chi connectivity index (χ0v) is 16.5. The molecule has 4 rings (SSSR count). The summed E-state index contributed by atoms with van der Waals surface area (Å²) < 4.78 is 14.2. The third-order valence-corrected chi connectivity index (χ3v) is 5.59. The lowest BCUT2D eigenvalue weighted by molar-refractivity contribution is -0.135. The monoisotopic (exact) mass is 414 g/mol. The van der Waals surface area contributed by atoms with Gasteiger partial charge in [-0.3, -0.25) is 20.0 Å². The van der Waals surface area contributed by atoms with E-state index in [0.717, 1.165) is 5.69 Å². The van der Waals surface area contributed by atoms with Crippen LogP contribution in [0.4, 0.5) is 14.9 Å². The van der Waals surface area contributed by atoms with Crippen molar-refractivity contribution in [3.05, 3.63) is 36.4 Å². The Hall–Kier alpha value is -3.43. The van der Waals surface area contributed by atoms with Crippen LogP contribution in [-0.2, 0) is 9.59 Å². The minimum Gasteiger partial charge on any atom is -0.368 e. The van der Waals surface area contributed by atoms with Gasteiger partial charge in [0.05, 0.1) is 6.20 Å². The van der Waals surface area contributed by atoms with Crippen LogP contribution in [0.5, 0.6) is 0 Å². The van der Waals surface area contributed by atoms with Gasteiger partial charge in [0, 0.05) is 55.1 Å². The summed E-state index contributed by atoms with van der Waals surface area (Å²) in [6, 6.07) is 3.78. The van der Waals surface area contributed by atoms with E-state index in [9.17, 15) is 18.8 Å². The summed E-state index contributed by atoms with van der Waals surface area (Å²) in [5, 5.41) is 11.3. The minimum atomic E-state index is -0.668. The summed E-state index contributed by atoms with van der Waals surface area (Å²) in [5.74, 6) is -1.13. The lowest BCUT2D eigenvalue weighted by atomic mass is 10.00. The molecule has 158 valence electrons. The first-order valence-electron chi connectivity index (χ1n) is 9.86. The van der Waals surface area contributed by atoms with Crippen LogP contribution >= 0.6 is 0 Å². The molecule has 0 aliphatic carbocycles. The third-order valence-electron chi connectivity index (χ3n) is 5.59. The number of anilines is 1. The number of benzene rings is 1. The lowest BCUT2D eigenvalue weighted by Gasteiger charge is -2.37. The van der Waals surface area contributed by atoms with Crippen LogP contribution in [0.1, 0.15) is 13.3 Å². The van der Waals surface area contributed by atoms with Gasteiger partial charge in [0.1, 0.15) is 11.9 Å². The summed E-state index contributed by atoms with van der Waals surface area (Å²) in [5.41, 5.74) is 2.04. The van der Waals surface area contributed by atoms with Crippen LogP contribution in [0.3, 0.4) is 0 Å². The van der Waals surface area contributed by atoms with Crippen LogP contribution < -0.4 is 15.5 Å². The van der Waals surface area contributed by atoms with Gasteiger partial charge in [-0.15, -0.1) is 0 Å². The van der Waals surface area contributed by atoms with E-state index in [4.69, 9.17) is 0 Å². The third kappa shape index (κ3) is 3.98. The van der Waals surface area contributed by atoms with Crippen molar-refractivity contribution in [1.82, 2.24) is 25.7 Å². The maximum atomic E-state index is 14.2. The number of aromatic nitrogens is 2. The normalized spacial score (nSPS) is 20.1. The number of aromatic amines is 1. The molecule has 1 aromatic heterocycles. The van der Waals surface area contributed by atoms with Crippen molar-refractivity contribution >= 4 is 23.5 Å². The molecule has 2 fully saturated rings. The lowest BCUT2D eigenvalue weighted by Crippen LogP contribution is -2.50. The van der Waals surface area contributed by atoms with E-state index < -0.39 is 18.0 Å². The van der Waals surface area contributed by atoms with Crippen molar-refractivity contribution in [3.63, 3.8) is 0 Å². The molecule has 0 saturated carbocycles. The van der Waals surface area contributed by atoms with Crippen LogP contribution in [-0.4, -0.2) is 65.2 Å². The molecular weight excluding hydrogens is 391 g/mol. The van der Waals surface area contributed by atoms with Crippen molar-refractivity contribution in [2.45, 2.75) is 19.4 Å². The van der Waals surface area contributed by atoms with Crippen LogP contribution in [0.15, 0.2) is 30.6 Å². The standard InChI is InChI=1S/C20H23FN6O3/c1-12(8-17-18(28)25-20(30)24-17)19(29)27-6-4-26(5-7-27)14-2-3-16(21)15(9-14)13-10-22-23-11-13/h2-3,9-12,17H,4-8H2,1H3,(H,22,23)(H2,24,25,28,30)/t12-,17+/m0/s1. The molecule has 0 spiro atoms. The molecule has 4 amide bonds. The maximum Gasteiger partial charge on any atom is 0.322 e. The Morgan fingerprint density at radius 3 is 2.67 bits per heavy atom. The Balaban J connectivity index is 1.36. The van der Waals surface area contributed by atoms with E-state index in [1.54, 1.807) is 36.4 Å². The summed E-state index contributed by atoms with van der Waals surface area (Å²) >= 11 is 0. The highest BCUT2D eigenvalue weighted by molar-refractivity contribution is 6.04. The van der Waals surface area contributed by atoms with E-state index in [-0.39, 0.29) is 24.1 Å². The number of amides is 4. The van der Waals surface area contributed by atoms with Crippen LogP contribution in [0, 0.1) is 11.7 Å². The molecule has 2 aliphatic rings. The van der Waals surface area contributed by atoms with Crippen molar-refractivity contribution in [2.75, 3.05) is 31.1 Å². The summed E-state index contributed by atoms with van der Waals surface area (Å²) in [7, 11) is 0. The largest absolute Gasteiger partial charge is 0.368 e. The van der Waals surface area contributed by atoms with Gasteiger partial charge in [-0.1, -0.05) is 6.92 Å². The zero-order valence-electron chi connectivity index (χ0n) is 16.5. The smallest absolute Gasteiger partial charge is 0.322 e. The highest BCUT2D eigenvalue weighted by atomic mass is 19.1. The summed E-state index contributed by atoms with van der Waals surface area (Å²) in [6.07, 6.45) is 3.49. The van der Waals surface area contributed by atoms with Crippen LogP contribution in [0.2, 0.25) is 0 Å². The van der Waals surface area contributed by atoms with Gasteiger partial charge >= 0.3 is 6.03 Å². The van der Waals surface area contributed by atoms with E-state index in [1.165, 1.54) is 6.07 Å². The Labute approximate surface area is 172 Å². The molecule has 2 aliphatic heterocycles. The second-order valence-electron chi connectivity index (χ2n) is 7.62. The fraction of sp³-hybridized carbons (Fsp3) is 0.400. The van der Waals surface area contributed by atoms with Gasteiger partial charge in [-0.25, -0.2) is 9.18 Å². The topological polar surface area (TPSA) is 110 Å². The molecule has 2 aromatic rings. The molecule has 1 aromatic carbocycles. The first kappa shape index (κ1) is 19.9. The van der Waals surface area contributed by atoms with Crippen LogP contribution in [0.25, 0.3) is 11.1 Å². The number of H-pyrrole nitrogens is 1. The molecular formula is C20H23FN6O3. The molecule has 2 saturated heterocycles. The number of nitrogens with one attached hydrogen (secondary N) is 3. The van der Waals surface area contributed by atoms with E-state index in [1.807, 2.05) is 0 Å². The number of carbonyl (C=O) groups is 3. The van der Waals surface area contributed by atoms with Gasteiger partial charge < -0.3 is 15.1 Å². The molecule has 3 N–H and O–H groups in total. The first-order valence-corrected chi connectivity index (χ1v) is 9.86. The average molecular weight is 414 g/mol. The van der Waals surface area contributed by atoms with Crippen molar-refractivity contribution < 1.29 is 18.8 Å². The first-order chi connectivity index (χ1) is 14.4. The number of carbonyl (C=O) groups excluding carboxylic acids is 3. The fourth-order valence-electron chi connectivity index (χ4n) is 3.91. The van der Waals surface area contributed by atoms with E-state index >= 15 is 0 Å². The number of imide groups is 1. The molecule has 2 atom stereocenters. The number of urea groups is 1. The van der Waals surface area contributed by atoms with Gasteiger partial charge in [-0.2, -0.15) is 5.10 Å². The highest BCUT2D eigenvalue weighted by Gasteiger charge is 2.34. The Bertz CT molecular complexity index is 955. The van der Waals surface area contributed by atoms with Gasteiger partial charge in [0.25, 0.3) is 5.91 Å². The molecule has 9 nitrogen and oxygen atoms in total. The molecule has 10 heteroatoms. The molecule has 3 heterocycles. The molecule has 30 heavy (non-hydrogen) atoms.